The van der Waals surface area contributed by atoms with E-state index >= 15 is 0 Å². The van der Waals surface area contributed by atoms with Crippen molar-refractivity contribution in [2.75, 3.05) is 13.1 Å². The zero-order valence-electron chi connectivity index (χ0n) is 12.9. The van der Waals surface area contributed by atoms with Gasteiger partial charge in [-0.05, 0) is 31.6 Å². The van der Waals surface area contributed by atoms with E-state index < -0.39 is 11.4 Å². The molecule has 0 unspecified atom stereocenters. The molecular formula is C15H28N2O3. The summed E-state index contributed by atoms with van der Waals surface area (Å²) in [5.41, 5.74) is -0.756. The minimum atomic E-state index is -0.773. The summed E-state index contributed by atoms with van der Waals surface area (Å²) >= 11 is 0. The molecule has 0 atom stereocenters. The molecule has 0 radical (unpaired) electrons. The largest absolute Gasteiger partial charge is 0.481 e. The first-order valence-corrected chi connectivity index (χ1v) is 7.59. The van der Waals surface area contributed by atoms with Crippen molar-refractivity contribution in [3.8, 4) is 0 Å². The van der Waals surface area contributed by atoms with E-state index in [0.717, 1.165) is 12.8 Å². The number of carboxylic acids is 1. The Balaban J connectivity index is 2.40. The van der Waals surface area contributed by atoms with Crippen LogP contribution in [0.25, 0.3) is 0 Å². The molecule has 0 aromatic rings. The molecule has 0 aromatic carbocycles. The van der Waals surface area contributed by atoms with Crippen LogP contribution in [0.2, 0.25) is 0 Å². The molecule has 1 aliphatic rings. The standard InChI is InChI=1S/C15H28N2O3/c1-11(2)16-9-6-13(18)17-10-15(14(19)20)7-4-12(3)5-8-15/h11-12,16H,4-10H2,1-3H3,(H,17,18)(H,19,20). The first-order chi connectivity index (χ1) is 9.35. The minimum absolute atomic E-state index is 0.0719. The summed E-state index contributed by atoms with van der Waals surface area (Å²) in [6.45, 7) is 7.10. The lowest BCUT2D eigenvalue weighted by Gasteiger charge is -2.35. The van der Waals surface area contributed by atoms with Gasteiger partial charge in [-0.2, -0.15) is 0 Å². The molecule has 0 saturated heterocycles. The third-order valence-electron chi connectivity index (χ3n) is 4.21. The molecule has 0 spiro atoms. The highest BCUT2D eigenvalue weighted by Crippen LogP contribution is 2.38. The summed E-state index contributed by atoms with van der Waals surface area (Å²) in [4.78, 5) is 23.3. The molecule has 1 amide bonds. The second-order valence-corrected chi connectivity index (χ2v) is 6.40. The summed E-state index contributed by atoms with van der Waals surface area (Å²) in [5, 5.41) is 15.5. The number of carbonyl (C=O) groups excluding carboxylic acids is 1. The van der Waals surface area contributed by atoms with E-state index in [-0.39, 0.29) is 12.5 Å². The average Bonchev–Trinajstić information content (AvgIpc) is 2.37. The highest BCUT2D eigenvalue weighted by molar-refractivity contribution is 5.79. The first-order valence-electron chi connectivity index (χ1n) is 7.59. The number of aliphatic carboxylic acids is 1. The van der Waals surface area contributed by atoms with Crippen LogP contribution in [-0.2, 0) is 9.59 Å². The average molecular weight is 284 g/mol. The van der Waals surface area contributed by atoms with Crippen molar-refractivity contribution >= 4 is 11.9 Å². The van der Waals surface area contributed by atoms with Gasteiger partial charge in [-0.25, -0.2) is 0 Å². The van der Waals surface area contributed by atoms with E-state index in [1.54, 1.807) is 0 Å². The Morgan fingerprint density at radius 1 is 1.30 bits per heavy atom. The van der Waals surface area contributed by atoms with Gasteiger partial charge in [0.2, 0.25) is 5.91 Å². The molecule has 1 rings (SSSR count). The molecule has 0 bridgehead atoms. The maximum absolute atomic E-state index is 11.8. The Bertz CT molecular complexity index is 334. The van der Waals surface area contributed by atoms with E-state index in [0.29, 0.717) is 37.8 Å². The van der Waals surface area contributed by atoms with E-state index in [4.69, 9.17) is 0 Å². The van der Waals surface area contributed by atoms with Crippen molar-refractivity contribution in [1.29, 1.82) is 0 Å². The molecular weight excluding hydrogens is 256 g/mol. The van der Waals surface area contributed by atoms with Crippen LogP contribution in [0.15, 0.2) is 0 Å². The molecule has 1 aliphatic carbocycles. The van der Waals surface area contributed by atoms with Crippen LogP contribution < -0.4 is 10.6 Å². The van der Waals surface area contributed by atoms with Gasteiger partial charge in [0.05, 0.1) is 5.41 Å². The summed E-state index contributed by atoms with van der Waals surface area (Å²) in [5.74, 6) is -0.254. The molecule has 5 heteroatoms. The third-order valence-corrected chi connectivity index (χ3v) is 4.21. The summed E-state index contributed by atoms with van der Waals surface area (Å²) < 4.78 is 0. The Morgan fingerprint density at radius 2 is 1.90 bits per heavy atom. The van der Waals surface area contributed by atoms with Crippen LogP contribution in [0.5, 0.6) is 0 Å². The van der Waals surface area contributed by atoms with Crippen LogP contribution in [0, 0.1) is 11.3 Å². The molecule has 0 aromatic heterocycles. The van der Waals surface area contributed by atoms with Crippen LogP contribution in [0.1, 0.15) is 52.9 Å². The molecule has 5 nitrogen and oxygen atoms in total. The topological polar surface area (TPSA) is 78.4 Å². The Hall–Kier alpha value is -1.10. The fraction of sp³-hybridized carbons (Fsp3) is 0.867. The number of hydrogen-bond donors (Lipinski definition) is 3. The zero-order valence-corrected chi connectivity index (χ0v) is 12.9. The number of hydrogen-bond acceptors (Lipinski definition) is 3. The molecule has 0 heterocycles. The van der Waals surface area contributed by atoms with Crippen LogP contribution in [-0.4, -0.2) is 36.1 Å². The monoisotopic (exact) mass is 284 g/mol. The number of nitrogens with one attached hydrogen (secondary N) is 2. The summed E-state index contributed by atoms with van der Waals surface area (Å²) in [6.07, 6.45) is 3.57. The highest BCUT2D eigenvalue weighted by atomic mass is 16.4. The van der Waals surface area contributed by atoms with Crippen molar-refractivity contribution in [1.82, 2.24) is 10.6 Å². The first kappa shape index (κ1) is 17.0. The second-order valence-electron chi connectivity index (χ2n) is 6.40. The number of amides is 1. The lowest BCUT2D eigenvalue weighted by atomic mass is 9.71. The van der Waals surface area contributed by atoms with Gasteiger partial charge in [0.25, 0.3) is 0 Å². The van der Waals surface area contributed by atoms with Gasteiger partial charge >= 0.3 is 5.97 Å². The predicted molar refractivity (Wildman–Crippen MR) is 78.5 cm³/mol. The lowest BCUT2D eigenvalue weighted by molar-refractivity contribution is -0.151. The predicted octanol–water partition coefficient (Wildman–Crippen LogP) is 1.77. The third kappa shape index (κ3) is 5.12. The fourth-order valence-electron chi connectivity index (χ4n) is 2.61. The smallest absolute Gasteiger partial charge is 0.311 e. The van der Waals surface area contributed by atoms with Crippen LogP contribution in [0.4, 0.5) is 0 Å². The summed E-state index contributed by atoms with van der Waals surface area (Å²) in [6, 6.07) is 0.355. The van der Waals surface area contributed by atoms with Gasteiger partial charge < -0.3 is 15.7 Å². The van der Waals surface area contributed by atoms with Crippen molar-refractivity contribution in [3.05, 3.63) is 0 Å². The van der Waals surface area contributed by atoms with Crippen molar-refractivity contribution in [2.45, 2.75) is 58.9 Å². The van der Waals surface area contributed by atoms with Gasteiger partial charge in [0, 0.05) is 25.6 Å². The van der Waals surface area contributed by atoms with Crippen molar-refractivity contribution < 1.29 is 14.7 Å². The molecule has 0 aliphatic heterocycles. The van der Waals surface area contributed by atoms with Gasteiger partial charge in [-0.3, -0.25) is 9.59 Å². The number of carbonyl (C=O) groups is 2. The quantitative estimate of drug-likeness (QED) is 0.666. The molecule has 1 saturated carbocycles. The maximum Gasteiger partial charge on any atom is 0.311 e. The van der Waals surface area contributed by atoms with E-state index in [1.165, 1.54) is 0 Å². The Kier molecular flexibility index (Phi) is 6.46. The van der Waals surface area contributed by atoms with Crippen LogP contribution in [0.3, 0.4) is 0 Å². The van der Waals surface area contributed by atoms with Gasteiger partial charge in [-0.15, -0.1) is 0 Å². The highest BCUT2D eigenvalue weighted by Gasteiger charge is 2.41. The number of rotatable bonds is 7. The SMILES string of the molecule is CC1CCC(CNC(=O)CCNC(C)C)(C(=O)O)CC1. The van der Waals surface area contributed by atoms with E-state index in [1.807, 2.05) is 13.8 Å². The van der Waals surface area contributed by atoms with E-state index in [2.05, 4.69) is 17.6 Å². The molecule has 1 fully saturated rings. The Labute approximate surface area is 121 Å². The van der Waals surface area contributed by atoms with Crippen molar-refractivity contribution in [2.24, 2.45) is 11.3 Å². The minimum Gasteiger partial charge on any atom is -0.481 e. The summed E-state index contributed by atoms with van der Waals surface area (Å²) in [7, 11) is 0. The lowest BCUT2D eigenvalue weighted by Crippen LogP contribution is -2.45. The second kappa shape index (κ2) is 7.62. The zero-order chi connectivity index (χ0) is 15.2. The molecule has 116 valence electrons. The van der Waals surface area contributed by atoms with Crippen LogP contribution >= 0.6 is 0 Å². The molecule has 3 N–H and O–H groups in total. The fourth-order valence-corrected chi connectivity index (χ4v) is 2.61. The molecule has 20 heavy (non-hydrogen) atoms. The van der Waals surface area contributed by atoms with Gasteiger partial charge in [-0.1, -0.05) is 20.8 Å². The van der Waals surface area contributed by atoms with Gasteiger partial charge in [0.15, 0.2) is 0 Å². The number of carboxylic acid groups (broad SMARTS) is 1. The normalized spacial score (nSPS) is 26.5. The van der Waals surface area contributed by atoms with E-state index in [9.17, 15) is 14.7 Å². The van der Waals surface area contributed by atoms with Gasteiger partial charge in [0.1, 0.15) is 0 Å². The Morgan fingerprint density at radius 3 is 2.40 bits per heavy atom. The maximum atomic E-state index is 11.8. The van der Waals surface area contributed by atoms with Crippen molar-refractivity contribution in [3.63, 3.8) is 0 Å².